The molecule has 3 heteroatoms. The van der Waals surface area contributed by atoms with Crippen molar-refractivity contribution in [1.82, 2.24) is 4.98 Å². The van der Waals surface area contributed by atoms with Crippen LogP contribution >= 0.6 is 0 Å². The molecule has 1 aliphatic heterocycles. The summed E-state index contributed by atoms with van der Waals surface area (Å²) >= 11 is 0. The fourth-order valence-electron chi connectivity index (χ4n) is 3.71. The molecule has 0 saturated carbocycles. The molecule has 2 heterocycles. The van der Waals surface area contributed by atoms with Crippen LogP contribution in [0.25, 0.3) is 0 Å². The molecule has 0 bridgehead atoms. The van der Waals surface area contributed by atoms with Gasteiger partial charge in [-0.15, -0.1) is 0 Å². The first-order valence-corrected chi connectivity index (χ1v) is 7.72. The maximum Gasteiger partial charge on any atom is 0.159 e. The molecule has 1 N–H and O–H groups in total. The predicted octanol–water partition coefficient (Wildman–Crippen LogP) is 4.11. The summed E-state index contributed by atoms with van der Waals surface area (Å²) in [5, 5.41) is 3.67. The van der Waals surface area contributed by atoms with E-state index in [0.29, 0.717) is 17.9 Å². The lowest BCUT2D eigenvalue weighted by Gasteiger charge is -2.37. The first kappa shape index (κ1) is 13.3. The highest BCUT2D eigenvalue weighted by Gasteiger charge is 2.37. The zero-order valence-corrected chi connectivity index (χ0v) is 12.5. The van der Waals surface area contributed by atoms with Gasteiger partial charge in [-0.25, -0.2) is 0 Å². The molecule has 0 spiro atoms. The third-order valence-corrected chi connectivity index (χ3v) is 4.83. The normalized spacial score (nSPS) is 25.2. The predicted molar refractivity (Wildman–Crippen MR) is 87.0 cm³/mol. The molecule has 0 saturated heterocycles. The number of Topliss-reactive ketones (excluding diaryl/α,β-unsaturated/α-hetero) is 1. The summed E-state index contributed by atoms with van der Waals surface area (Å²) in [6.07, 6.45) is 9.32. The van der Waals surface area contributed by atoms with Gasteiger partial charge in [0.1, 0.15) is 0 Å². The Morgan fingerprint density at radius 2 is 2.05 bits per heavy atom. The summed E-state index contributed by atoms with van der Waals surface area (Å²) in [5.74, 6) is 1.00. The number of pyridine rings is 1. The van der Waals surface area contributed by atoms with Crippen LogP contribution in [-0.4, -0.2) is 10.8 Å². The first-order chi connectivity index (χ1) is 10.7. The van der Waals surface area contributed by atoms with Gasteiger partial charge in [-0.2, -0.15) is 0 Å². The minimum absolute atomic E-state index is 0.123. The summed E-state index contributed by atoms with van der Waals surface area (Å²) in [7, 11) is 0. The molecule has 0 amide bonds. The van der Waals surface area contributed by atoms with Crippen molar-refractivity contribution >= 4 is 11.5 Å². The van der Waals surface area contributed by atoms with Crippen LogP contribution in [0.15, 0.2) is 54.9 Å². The van der Waals surface area contributed by atoms with E-state index in [4.69, 9.17) is 0 Å². The second-order valence-corrected chi connectivity index (χ2v) is 6.11. The fraction of sp³-hybridized carbons (Fsp3) is 0.263. The van der Waals surface area contributed by atoms with Crippen LogP contribution in [-0.2, 0) is 0 Å². The zero-order valence-electron chi connectivity index (χ0n) is 12.5. The molecule has 2 aliphatic rings. The Kier molecular flexibility index (Phi) is 3.07. The molecular weight excluding hydrogens is 272 g/mol. The van der Waals surface area contributed by atoms with E-state index in [1.165, 1.54) is 11.1 Å². The largest absolute Gasteiger partial charge is 0.378 e. The molecule has 2 aromatic rings. The minimum Gasteiger partial charge on any atom is -0.378 e. The summed E-state index contributed by atoms with van der Waals surface area (Å²) in [5.41, 5.74) is 4.45. The van der Waals surface area contributed by atoms with Gasteiger partial charge in [-0.1, -0.05) is 12.2 Å². The number of ketones is 1. The average molecular weight is 290 g/mol. The summed E-state index contributed by atoms with van der Waals surface area (Å²) in [6.45, 7) is 1.62. The second kappa shape index (κ2) is 5.09. The number of carbonyl (C=O) groups excluding carboxylic acids is 1. The number of nitrogens with one attached hydrogen (secondary N) is 1. The molecule has 3 nitrogen and oxygen atoms in total. The van der Waals surface area contributed by atoms with Gasteiger partial charge in [-0.3, -0.25) is 9.78 Å². The molecule has 1 aromatic carbocycles. The third kappa shape index (κ3) is 2.05. The van der Waals surface area contributed by atoms with Gasteiger partial charge in [0.15, 0.2) is 5.78 Å². The number of fused-ring (bicyclic) bond motifs is 3. The Balaban J connectivity index is 1.79. The zero-order chi connectivity index (χ0) is 15.1. The van der Waals surface area contributed by atoms with Gasteiger partial charge in [0.05, 0.1) is 6.04 Å². The third-order valence-electron chi connectivity index (χ3n) is 4.83. The highest BCUT2D eigenvalue weighted by molar-refractivity contribution is 5.95. The maximum absolute atomic E-state index is 11.7. The molecule has 1 aromatic heterocycles. The number of nitrogens with zero attached hydrogens (tertiary/aromatic N) is 1. The molecule has 3 atom stereocenters. The SMILES string of the molecule is CC(=O)c1ccc2c(c1)[C@@H]1C=CC[C@@H]1[C@H](c1ccncc1)N2. The van der Waals surface area contributed by atoms with Crippen molar-refractivity contribution in [3.05, 3.63) is 71.6 Å². The van der Waals surface area contributed by atoms with Crippen molar-refractivity contribution < 1.29 is 4.79 Å². The van der Waals surface area contributed by atoms with Crippen molar-refractivity contribution in [1.29, 1.82) is 0 Å². The van der Waals surface area contributed by atoms with Crippen LogP contribution in [0.4, 0.5) is 5.69 Å². The van der Waals surface area contributed by atoms with Gasteiger partial charge in [-0.05, 0) is 60.7 Å². The molecule has 4 rings (SSSR count). The topological polar surface area (TPSA) is 42.0 Å². The van der Waals surface area contributed by atoms with Crippen LogP contribution in [0, 0.1) is 5.92 Å². The molecular formula is C19H18N2O. The first-order valence-electron chi connectivity index (χ1n) is 7.72. The lowest BCUT2D eigenvalue weighted by Crippen LogP contribution is -2.29. The molecule has 110 valence electrons. The van der Waals surface area contributed by atoms with E-state index >= 15 is 0 Å². The lowest BCUT2D eigenvalue weighted by atomic mass is 9.76. The Hall–Kier alpha value is -2.42. The van der Waals surface area contributed by atoms with E-state index in [0.717, 1.165) is 17.7 Å². The fourth-order valence-corrected chi connectivity index (χ4v) is 3.71. The van der Waals surface area contributed by atoms with Crippen LogP contribution in [0.1, 0.15) is 46.8 Å². The van der Waals surface area contributed by atoms with Crippen LogP contribution < -0.4 is 5.32 Å². The number of allylic oxidation sites excluding steroid dienone is 2. The van der Waals surface area contributed by atoms with Crippen molar-refractivity contribution in [3.8, 4) is 0 Å². The van der Waals surface area contributed by atoms with Gasteiger partial charge in [0, 0.05) is 29.6 Å². The quantitative estimate of drug-likeness (QED) is 0.668. The molecule has 0 radical (unpaired) electrons. The van der Waals surface area contributed by atoms with Crippen LogP contribution in [0.5, 0.6) is 0 Å². The monoisotopic (exact) mass is 290 g/mol. The summed E-state index contributed by atoms with van der Waals surface area (Å²) in [6, 6.07) is 10.5. The van der Waals surface area contributed by atoms with Gasteiger partial charge in [0.25, 0.3) is 0 Å². The summed E-state index contributed by atoms with van der Waals surface area (Å²) < 4.78 is 0. The van der Waals surface area contributed by atoms with Crippen molar-refractivity contribution in [2.45, 2.75) is 25.3 Å². The number of benzene rings is 1. The van der Waals surface area contributed by atoms with Gasteiger partial charge < -0.3 is 5.32 Å². The van der Waals surface area contributed by atoms with Gasteiger partial charge in [0.2, 0.25) is 0 Å². The van der Waals surface area contributed by atoms with E-state index in [1.54, 1.807) is 6.92 Å². The highest BCUT2D eigenvalue weighted by atomic mass is 16.1. The maximum atomic E-state index is 11.7. The van der Waals surface area contributed by atoms with E-state index in [2.05, 4.69) is 40.7 Å². The lowest BCUT2D eigenvalue weighted by molar-refractivity contribution is 0.101. The van der Waals surface area contributed by atoms with Crippen molar-refractivity contribution in [2.75, 3.05) is 5.32 Å². The number of aromatic nitrogens is 1. The van der Waals surface area contributed by atoms with Crippen molar-refractivity contribution in [3.63, 3.8) is 0 Å². The molecule has 1 aliphatic carbocycles. The number of carbonyl (C=O) groups is 1. The van der Waals surface area contributed by atoms with Crippen LogP contribution in [0.3, 0.4) is 0 Å². The van der Waals surface area contributed by atoms with E-state index in [9.17, 15) is 4.79 Å². The molecule has 22 heavy (non-hydrogen) atoms. The van der Waals surface area contributed by atoms with Crippen molar-refractivity contribution in [2.24, 2.45) is 5.92 Å². The number of anilines is 1. The number of rotatable bonds is 2. The van der Waals surface area contributed by atoms with E-state index in [-0.39, 0.29) is 5.78 Å². The Bertz CT molecular complexity index is 751. The van der Waals surface area contributed by atoms with Gasteiger partial charge >= 0.3 is 0 Å². The highest BCUT2D eigenvalue weighted by Crippen LogP contribution is 2.49. The Labute approximate surface area is 130 Å². The number of hydrogen-bond acceptors (Lipinski definition) is 3. The molecule has 0 fully saturated rings. The average Bonchev–Trinajstić information content (AvgIpc) is 3.04. The Morgan fingerprint density at radius 1 is 1.23 bits per heavy atom. The van der Waals surface area contributed by atoms with E-state index in [1.807, 2.05) is 24.5 Å². The standard InChI is InChI=1S/C19H18N2O/c1-12(22)14-5-6-18-17(11-14)15-3-2-4-16(15)19(21-18)13-7-9-20-10-8-13/h2-3,5-11,15-16,19,21H,4H2,1H3/t15-,16+,19+/m1/s1. The van der Waals surface area contributed by atoms with Crippen LogP contribution in [0.2, 0.25) is 0 Å². The minimum atomic E-state index is 0.123. The van der Waals surface area contributed by atoms with E-state index < -0.39 is 0 Å². The number of hydrogen-bond donors (Lipinski definition) is 1. The molecule has 0 unspecified atom stereocenters. The second-order valence-electron chi connectivity index (χ2n) is 6.11. The smallest absolute Gasteiger partial charge is 0.159 e. The Morgan fingerprint density at radius 3 is 2.82 bits per heavy atom. The summed E-state index contributed by atoms with van der Waals surface area (Å²) in [4.78, 5) is 15.8.